The zero-order valence-corrected chi connectivity index (χ0v) is 14.1. The maximum absolute atomic E-state index is 11.9. The van der Waals surface area contributed by atoms with Crippen LogP contribution in [-0.2, 0) is 20.7 Å². The SMILES string of the molecule is CCOC(=O)C[C@@H]1O[C@H](c2ccccc2)C[C@H]1Cc1ccccc1. The highest BCUT2D eigenvalue weighted by molar-refractivity contribution is 5.70. The van der Waals surface area contributed by atoms with Crippen molar-refractivity contribution in [1.82, 2.24) is 0 Å². The van der Waals surface area contributed by atoms with E-state index >= 15 is 0 Å². The maximum Gasteiger partial charge on any atom is 0.308 e. The summed E-state index contributed by atoms with van der Waals surface area (Å²) in [6, 6.07) is 20.7. The van der Waals surface area contributed by atoms with Gasteiger partial charge in [0.15, 0.2) is 0 Å². The van der Waals surface area contributed by atoms with Gasteiger partial charge in [0.2, 0.25) is 0 Å². The van der Waals surface area contributed by atoms with Crippen LogP contribution in [-0.4, -0.2) is 18.7 Å². The van der Waals surface area contributed by atoms with E-state index in [0.29, 0.717) is 18.9 Å². The average molecular weight is 324 g/mol. The van der Waals surface area contributed by atoms with Gasteiger partial charge in [-0.1, -0.05) is 60.7 Å². The second-order valence-corrected chi connectivity index (χ2v) is 6.27. The Morgan fingerprint density at radius 2 is 1.75 bits per heavy atom. The Labute approximate surface area is 143 Å². The fourth-order valence-corrected chi connectivity index (χ4v) is 3.42. The number of hydrogen-bond acceptors (Lipinski definition) is 3. The Kier molecular flexibility index (Phi) is 5.65. The van der Waals surface area contributed by atoms with E-state index in [1.165, 1.54) is 11.1 Å². The number of hydrogen-bond donors (Lipinski definition) is 0. The molecule has 0 bridgehead atoms. The average Bonchev–Trinajstić information content (AvgIpc) is 2.99. The molecule has 1 saturated heterocycles. The second-order valence-electron chi connectivity index (χ2n) is 6.27. The third-order valence-electron chi connectivity index (χ3n) is 4.57. The molecule has 2 aromatic rings. The molecule has 3 heteroatoms. The fraction of sp³-hybridized carbons (Fsp3) is 0.381. The predicted molar refractivity (Wildman–Crippen MR) is 93.6 cm³/mol. The first-order valence-corrected chi connectivity index (χ1v) is 8.66. The zero-order valence-electron chi connectivity index (χ0n) is 14.1. The highest BCUT2D eigenvalue weighted by atomic mass is 16.5. The molecule has 0 aromatic heterocycles. The Balaban J connectivity index is 1.73. The summed E-state index contributed by atoms with van der Waals surface area (Å²) in [4.78, 5) is 11.9. The topological polar surface area (TPSA) is 35.5 Å². The van der Waals surface area contributed by atoms with Gasteiger partial charge in [0.1, 0.15) is 0 Å². The van der Waals surface area contributed by atoms with Crippen LogP contribution in [0.1, 0.15) is 37.0 Å². The fourth-order valence-electron chi connectivity index (χ4n) is 3.42. The van der Waals surface area contributed by atoms with Crippen molar-refractivity contribution < 1.29 is 14.3 Å². The molecule has 0 unspecified atom stereocenters. The van der Waals surface area contributed by atoms with Crippen molar-refractivity contribution in [2.45, 2.75) is 38.4 Å². The van der Waals surface area contributed by atoms with Gasteiger partial charge in [-0.15, -0.1) is 0 Å². The number of ether oxygens (including phenoxy) is 2. The molecule has 0 N–H and O–H groups in total. The molecule has 1 fully saturated rings. The minimum atomic E-state index is -0.172. The van der Waals surface area contributed by atoms with Gasteiger partial charge in [0.05, 0.1) is 25.2 Å². The monoisotopic (exact) mass is 324 g/mol. The van der Waals surface area contributed by atoms with Crippen LogP contribution in [0.15, 0.2) is 60.7 Å². The van der Waals surface area contributed by atoms with Crippen molar-refractivity contribution in [3.63, 3.8) is 0 Å². The standard InChI is InChI=1S/C21H24O3/c1-2-23-21(22)15-20-18(13-16-9-5-3-6-10-16)14-19(24-20)17-11-7-4-8-12-17/h3-12,18-20H,2,13-15H2,1H3/t18-,19+,20+/m1/s1. The van der Waals surface area contributed by atoms with Crippen LogP contribution < -0.4 is 0 Å². The summed E-state index contributed by atoms with van der Waals surface area (Å²) in [5.74, 6) is 0.149. The van der Waals surface area contributed by atoms with Gasteiger partial charge in [0.25, 0.3) is 0 Å². The largest absolute Gasteiger partial charge is 0.466 e. The van der Waals surface area contributed by atoms with Gasteiger partial charge in [-0.25, -0.2) is 0 Å². The minimum absolute atomic E-state index is 0.0549. The van der Waals surface area contributed by atoms with Gasteiger partial charge in [0, 0.05) is 0 Å². The summed E-state index contributed by atoms with van der Waals surface area (Å²) in [6.45, 7) is 2.25. The molecule has 3 rings (SSSR count). The molecule has 24 heavy (non-hydrogen) atoms. The number of carbonyl (C=O) groups excluding carboxylic acids is 1. The van der Waals surface area contributed by atoms with Crippen LogP contribution in [0.3, 0.4) is 0 Å². The predicted octanol–water partition coefficient (Wildman–Crippen LogP) is 4.33. The lowest BCUT2D eigenvalue weighted by atomic mass is 9.89. The molecular formula is C21H24O3. The third-order valence-corrected chi connectivity index (χ3v) is 4.57. The van der Waals surface area contributed by atoms with E-state index in [1.54, 1.807) is 0 Å². The lowest BCUT2D eigenvalue weighted by Gasteiger charge is -2.18. The Morgan fingerprint density at radius 1 is 1.08 bits per heavy atom. The summed E-state index contributed by atoms with van der Waals surface area (Å²) in [5, 5.41) is 0. The summed E-state index contributed by atoms with van der Waals surface area (Å²) >= 11 is 0. The molecule has 1 heterocycles. The number of carbonyl (C=O) groups is 1. The first-order chi connectivity index (χ1) is 11.8. The lowest BCUT2D eigenvalue weighted by Crippen LogP contribution is -2.23. The molecule has 126 valence electrons. The molecule has 0 spiro atoms. The van der Waals surface area contributed by atoms with Gasteiger partial charge < -0.3 is 9.47 Å². The van der Waals surface area contributed by atoms with Crippen LogP contribution in [0.5, 0.6) is 0 Å². The van der Waals surface area contributed by atoms with Crippen molar-refractivity contribution in [2.75, 3.05) is 6.61 Å². The van der Waals surface area contributed by atoms with Gasteiger partial charge >= 0.3 is 5.97 Å². The number of rotatable bonds is 6. The second kappa shape index (κ2) is 8.11. The van der Waals surface area contributed by atoms with Crippen molar-refractivity contribution in [3.8, 4) is 0 Å². The molecule has 2 aromatic carbocycles. The van der Waals surface area contributed by atoms with Crippen molar-refractivity contribution in [3.05, 3.63) is 71.8 Å². The van der Waals surface area contributed by atoms with Crippen molar-refractivity contribution in [2.24, 2.45) is 5.92 Å². The number of esters is 1. The maximum atomic E-state index is 11.9. The Bertz CT molecular complexity index is 639. The van der Waals surface area contributed by atoms with Gasteiger partial charge in [-0.2, -0.15) is 0 Å². The van der Waals surface area contributed by atoms with E-state index in [0.717, 1.165) is 12.8 Å². The summed E-state index contributed by atoms with van der Waals surface area (Å²) < 4.78 is 11.4. The molecule has 0 amide bonds. The zero-order chi connectivity index (χ0) is 16.8. The quantitative estimate of drug-likeness (QED) is 0.742. The van der Waals surface area contributed by atoms with E-state index < -0.39 is 0 Å². The minimum Gasteiger partial charge on any atom is -0.466 e. The first kappa shape index (κ1) is 16.7. The highest BCUT2D eigenvalue weighted by Gasteiger charge is 2.37. The van der Waals surface area contributed by atoms with Crippen molar-refractivity contribution >= 4 is 5.97 Å². The third kappa shape index (κ3) is 4.24. The van der Waals surface area contributed by atoms with Crippen molar-refractivity contribution in [1.29, 1.82) is 0 Å². The van der Waals surface area contributed by atoms with E-state index in [-0.39, 0.29) is 18.2 Å². The Morgan fingerprint density at radius 3 is 2.42 bits per heavy atom. The summed E-state index contributed by atoms with van der Waals surface area (Å²) in [7, 11) is 0. The summed E-state index contributed by atoms with van der Waals surface area (Å²) in [6.07, 6.45) is 2.15. The Hall–Kier alpha value is -2.13. The normalized spacial score (nSPS) is 23.1. The van der Waals surface area contributed by atoms with Crippen LogP contribution >= 0.6 is 0 Å². The molecular weight excluding hydrogens is 300 g/mol. The van der Waals surface area contributed by atoms with Crippen LogP contribution in [0.25, 0.3) is 0 Å². The molecule has 1 aliphatic rings. The van der Waals surface area contributed by atoms with E-state index in [9.17, 15) is 4.79 Å². The molecule has 0 saturated carbocycles. The van der Waals surface area contributed by atoms with E-state index in [1.807, 2.05) is 31.2 Å². The lowest BCUT2D eigenvalue weighted by molar-refractivity contribution is -0.146. The molecule has 1 aliphatic heterocycles. The van der Waals surface area contributed by atoms with Gasteiger partial charge in [-0.05, 0) is 36.8 Å². The van der Waals surface area contributed by atoms with Gasteiger partial charge in [-0.3, -0.25) is 4.79 Å². The van der Waals surface area contributed by atoms with E-state index in [2.05, 4.69) is 36.4 Å². The smallest absolute Gasteiger partial charge is 0.308 e. The summed E-state index contributed by atoms with van der Waals surface area (Å²) in [5.41, 5.74) is 2.47. The molecule has 0 radical (unpaired) electrons. The molecule has 3 nitrogen and oxygen atoms in total. The van der Waals surface area contributed by atoms with Crippen LogP contribution in [0.4, 0.5) is 0 Å². The first-order valence-electron chi connectivity index (χ1n) is 8.66. The van der Waals surface area contributed by atoms with Crippen LogP contribution in [0, 0.1) is 5.92 Å². The van der Waals surface area contributed by atoms with E-state index in [4.69, 9.17) is 9.47 Å². The molecule has 3 atom stereocenters. The molecule has 0 aliphatic carbocycles. The highest BCUT2D eigenvalue weighted by Crippen LogP contribution is 2.40. The van der Waals surface area contributed by atoms with Crippen LogP contribution in [0.2, 0.25) is 0 Å². The number of benzene rings is 2.